The second-order valence-electron chi connectivity index (χ2n) is 13.7. The Morgan fingerprint density at radius 3 is 2.51 bits per heavy atom. The molecule has 39 heavy (non-hydrogen) atoms. The van der Waals surface area contributed by atoms with Gasteiger partial charge in [-0.15, -0.1) is 0 Å². The third-order valence-electron chi connectivity index (χ3n) is 12.0. The monoisotopic (exact) mass is 540 g/mol. The van der Waals surface area contributed by atoms with Gasteiger partial charge >= 0.3 is 17.6 Å². The van der Waals surface area contributed by atoms with Gasteiger partial charge in [0.25, 0.3) is 0 Å². The Kier molecular flexibility index (Phi) is 6.96. The molecule has 5 aliphatic rings. The summed E-state index contributed by atoms with van der Waals surface area (Å²) in [5.74, 6) is 1.33. The van der Waals surface area contributed by atoms with Crippen LogP contribution in [0, 0.1) is 28.6 Å². The van der Waals surface area contributed by atoms with Crippen LogP contribution in [0.4, 0.5) is 0 Å². The molecule has 4 aliphatic carbocycles. The molecule has 4 saturated carbocycles. The maximum Gasteiger partial charge on any atom is 0.335 e. The number of carboxylic acid groups (broad SMARTS) is 1. The van der Waals surface area contributed by atoms with Crippen LogP contribution < -0.4 is 5.63 Å². The van der Waals surface area contributed by atoms with E-state index < -0.39 is 5.97 Å². The molecule has 1 saturated heterocycles. The highest BCUT2D eigenvalue weighted by atomic mass is 16.6. The molecule has 6 rings (SSSR count). The van der Waals surface area contributed by atoms with Gasteiger partial charge in [-0.2, -0.15) is 0 Å². The molecule has 0 amide bonds. The van der Waals surface area contributed by atoms with Crippen molar-refractivity contribution >= 4 is 11.9 Å². The zero-order valence-electron chi connectivity index (χ0n) is 23.5. The van der Waals surface area contributed by atoms with E-state index in [9.17, 15) is 14.4 Å². The summed E-state index contributed by atoms with van der Waals surface area (Å²) in [5.41, 5.74) is 1.15. The summed E-state index contributed by atoms with van der Waals surface area (Å²) in [5, 5.41) is 8.74. The molecule has 1 spiro atoms. The number of rotatable bonds is 9. The molecule has 0 aromatic carbocycles. The fourth-order valence-corrected chi connectivity index (χ4v) is 9.97. The third-order valence-corrected chi connectivity index (χ3v) is 12.0. The van der Waals surface area contributed by atoms with Crippen molar-refractivity contribution in [3.63, 3.8) is 0 Å². The Morgan fingerprint density at radius 2 is 1.77 bits per heavy atom. The minimum Gasteiger partial charge on any atom is -0.481 e. The van der Waals surface area contributed by atoms with Crippen molar-refractivity contribution in [1.82, 2.24) is 0 Å². The standard InChI is InChI=1S/C32H44O7/c1-30-15-13-22(38-29(36)8-6-4-3-5-7-27(33)34)17-21(30)10-11-24-23(30)14-16-31(2)25(18-26-32(24,31)39-26)20-9-12-28(35)37-19-20/h9,12,19,21-26H,3-8,10-11,13-18H2,1-2H3,(H,33,34)/t21-,22+,23?,24?,25-,26-,30+,31-,32-/m1/s1. The van der Waals surface area contributed by atoms with Gasteiger partial charge in [-0.05, 0) is 105 Å². The van der Waals surface area contributed by atoms with E-state index in [1.165, 1.54) is 19.3 Å². The van der Waals surface area contributed by atoms with E-state index in [-0.39, 0.29) is 40.6 Å². The normalized spacial score (nSPS) is 42.0. The molecule has 1 aromatic rings. The maximum atomic E-state index is 12.5. The quantitative estimate of drug-likeness (QED) is 0.225. The zero-order chi connectivity index (χ0) is 27.4. The number of epoxide rings is 1. The molecule has 7 nitrogen and oxygen atoms in total. The van der Waals surface area contributed by atoms with E-state index >= 15 is 0 Å². The number of hydrogen-bond donors (Lipinski definition) is 1. The summed E-state index contributed by atoms with van der Waals surface area (Å²) in [4.78, 5) is 34.7. The van der Waals surface area contributed by atoms with E-state index in [1.807, 2.05) is 6.07 Å². The Morgan fingerprint density at radius 1 is 0.974 bits per heavy atom. The van der Waals surface area contributed by atoms with E-state index in [0.29, 0.717) is 42.6 Å². The summed E-state index contributed by atoms with van der Waals surface area (Å²) < 4.78 is 17.9. The number of aliphatic carboxylic acids is 1. The number of carboxylic acids is 1. The van der Waals surface area contributed by atoms with Crippen molar-refractivity contribution < 1.29 is 28.6 Å². The number of esters is 1. The van der Waals surface area contributed by atoms with E-state index in [4.69, 9.17) is 19.0 Å². The average Bonchev–Trinajstić information content (AvgIpc) is 3.56. The molecule has 2 heterocycles. The van der Waals surface area contributed by atoms with Crippen LogP contribution in [0.15, 0.2) is 27.6 Å². The Hall–Kier alpha value is -2.15. The van der Waals surface area contributed by atoms with Crippen molar-refractivity contribution in [1.29, 1.82) is 0 Å². The van der Waals surface area contributed by atoms with Crippen molar-refractivity contribution in [3.05, 3.63) is 34.4 Å². The zero-order valence-corrected chi connectivity index (χ0v) is 23.5. The van der Waals surface area contributed by atoms with Gasteiger partial charge in [0.05, 0.1) is 12.4 Å². The fraction of sp³-hybridized carbons (Fsp3) is 0.781. The molecule has 1 aromatic heterocycles. The molecule has 2 unspecified atom stereocenters. The first-order valence-electron chi connectivity index (χ1n) is 15.4. The molecule has 214 valence electrons. The van der Waals surface area contributed by atoms with Crippen molar-refractivity contribution in [2.45, 2.75) is 127 Å². The highest BCUT2D eigenvalue weighted by molar-refractivity contribution is 5.69. The summed E-state index contributed by atoms with van der Waals surface area (Å²) in [6.45, 7) is 4.95. The first-order chi connectivity index (χ1) is 18.7. The number of hydrogen-bond acceptors (Lipinski definition) is 6. The fourth-order valence-electron chi connectivity index (χ4n) is 9.97. The van der Waals surface area contributed by atoms with E-state index in [2.05, 4.69) is 13.8 Å². The van der Waals surface area contributed by atoms with Crippen molar-refractivity contribution in [3.8, 4) is 0 Å². The highest BCUT2D eigenvalue weighted by Gasteiger charge is 2.80. The lowest BCUT2D eigenvalue weighted by Crippen LogP contribution is -2.58. The first kappa shape index (κ1) is 27.0. The average molecular weight is 541 g/mol. The molecule has 0 bridgehead atoms. The van der Waals surface area contributed by atoms with Crippen LogP contribution in [0.25, 0.3) is 0 Å². The first-order valence-corrected chi connectivity index (χ1v) is 15.4. The largest absolute Gasteiger partial charge is 0.481 e. The van der Waals surface area contributed by atoms with Crippen LogP contribution in [0.3, 0.4) is 0 Å². The molecule has 1 aliphatic heterocycles. The third kappa shape index (κ3) is 4.47. The topological polar surface area (TPSA) is 106 Å². The number of carbonyl (C=O) groups excluding carboxylic acids is 1. The molecular formula is C32H44O7. The highest BCUT2D eigenvalue weighted by Crippen LogP contribution is 2.78. The molecule has 9 atom stereocenters. The molecular weight excluding hydrogens is 496 g/mol. The molecule has 5 fully saturated rings. The number of ether oxygens (including phenoxy) is 2. The number of carbonyl (C=O) groups is 2. The van der Waals surface area contributed by atoms with Crippen LogP contribution in [-0.4, -0.2) is 34.9 Å². The van der Waals surface area contributed by atoms with Crippen LogP contribution in [0.1, 0.15) is 115 Å². The Balaban J connectivity index is 1.06. The predicted octanol–water partition coefficient (Wildman–Crippen LogP) is 6.23. The lowest BCUT2D eigenvalue weighted by atomic mass is 9.44. The van der Waals surface area contributed by atoms with Gasteiger partial charge < -0.3 is 19.0 Å². The molecule has 1 N–H and O–H groups in total. The number of fused-ring (bicyclic) bond motifs is 3. The minimum atomic E-state index is -0.755. The summed E-state index contributed by atoms with van der Waals surface area (Å²) in [6, 6.07) is 3.52. The van der Waals surface area contributed by atoms with Crippen LogP contribution in [0.2, 0.25) is 0 Å². The van der Waals surface area contributed by atoms with Gasteiger partial charge in [0.2, 0.25) is 0 Å². The van der Waals surface area contributed by atoms with Gasteiger partial charge in [-0.25, -0.2) is 4.79 Å². The van der Waals surface area contributed by atoms with E-state index in [0.717, 1.165) is 56.9 Å². The van der Waals surface area contributed by atoms with Crippen LogP contribution >= 0.6 is 0 Å². The Labute approximate surface area is 231 Å². The van der Waals surface area contributed by atoms with Gasteiger partial charge in [-0.3, -0.25) is 9.59 Å². The molecule has 7 heteroatoms. The van der Waals surface area contributed by atoms with Gasteiger partial charge in [0.1, 0.15) is 11.7 Å². The lowest BCUT2D eigenvalue weighted by Gasteiger charge is -2.61. The molecule has 0 radical (unpaired) electrons. The number of unbranched alkanes of at least 4 members (excludes halogenated alkanes) is 3. The summed E-state index contributed by atoms with van der Waals surface area (Å²) in [7, 11) is 0. The van der Waals surface area contributed by atoms with Gasteiger partial charge in [-0.1, -0.05) is 26.7 Å². The van der Waals surface area contributed by atoms with Crippen LogP contribution in [0.5, 0.6) is 0 Å². The second kappa shape index (κ2) is 10.0. The Bertz CT molecular complexity index is 1140. The SMILES string of the molecule is C[C@]12CC[C@H](OC(=O)CCCCCCC(=O)O)C[C@H]1CCC1C2CC[C@]2(C)[C@@H](c3ccc(=O)oc3)C[C@H]3O[C@]132. The lowest BCUT2D eigenvalue weighted by molar-refractivity contribution is -0.164. The van der Waals surface area contributed by atoms with E-state index in [1.54, 1.807) is 12.3 Å². The maximum absolute atomic E-state index is 12.5. The predicted molar refractivity (Wildman–Crippen MR) is 144 cm³/mol. The summed E-state index contributed by atoms with van der Waals surface area (Å²) >= 11 is 0. The van der Waals surface area contributed by atoms with Gasteiger partial charge in [0, 0.05) is 24.3 Å². The van der Waals surface area contributed by atoms with Gasteiger partial charge in [0.15, 0.2) is 0 Å². The van der Waals surface area contributed by atoms with Crippen molar-refractivity contribution in [2.75, 3.05) is 0 Å². The minimum absolute atomic E-state index is 0.0275. The smallest absolute Gasteiger partial charge is 0.335 e. The second-order valence-corrected chi connectivity index (χ2v) is 13.7. The summed E-state index contributed by atoms with van der Waals surface area (Å²) in [6.07, 6.45) is 14.6. The van der Waals surface area contributed by atoms with Crippen LogP contribution in [-0.2, 0) is 19.1 Å². The van der Waals surface area contributed by atoms with Crippen molar-refractivity contribution in [2.24, 2.45) is 28.6 Å².